The molecule has 0 aromatic heterocycles. The number of carboxylic acid groups (broad SMARTS) is 3. The number of carbonyl (C=O) groups excluding carboxylic acids is 3. The van der Waals surface area contributed by atoms with Crippen LogP contribution in [0.5, 0.6) is 0 Å². The average molecular weight is 711 g/mol. The number of isocyanates is 3. The van der Waals surface area contributed by atoms with Crippen LogP contribution in [0.4, 0.5) is 48.5 Å². The van der Waals surface area contributed by atoms with Crippen molar-refractivity contribution in [3.63, 3.8) is 0 Å². The Hall–Kier alpha value is -6.51. The van der Waals surface area contributed by atoms with E-state index in [-0.39, 0.29) is 19.8 Å². The van der Waals surface area contributed by atoms with Crippen LogP contribution in [0.2, 0.25) is 0 Å². The number of amides is 3. The normalized spacial score (nSPS) is 9.47. The fraction of sp³-hybridized carbons (Fsp3) is 0.273. The summed E-state index contributed by atoms with van der Waals surface area (Å²) in [5.41, 5.74) is 4.02. The molecule has 18 heteroatoms. The van der Waals surface area contributed by atoms with Gasteiger partial charge in [0.05, 0.1) is 36.9 Å². The standard InChI is InChI=1S/3C9H8N2O3.C6H14O3/c3*1-6-2-3-7(11-9(13)14)4-8(6)10-5-12;1-2-6(3-7,4-8)5-9/h3*2-4,11H,1H3,(H,13,14);7-9H,2-5H2,1H3. The van der Waals surface area contributed by atoms with Crippen molar-refractivity contribution in [3.05, 3.63) is 71.3 Å². The van der Waals surface area contributed by atoms with Crippen LogP contribution in [0.1, 0.15) is 30.0 Å². The second-order valence-corrected chi connectivity index (χ2v) is 10.2. The Balaban J connectivity index is 0.000000663. The molecule has 0 aliphatic heterocycles. The van der Waals surface area contributed by atoms with Crippen molar-refractivity contribution in [2.45, 2.75) is 34.1 Å². The van der Waals surface area contributed by atoms with Gasteiger partial charge in [-0.1, -0.05) is 25.1 Å². The third-order valence-electron chi connectivity index (χ3n) is 6.64. The lowest BCUT2D eigenvalue weighted by Crippen LogP contribution is -2.32. The zero-order chi connectivity index (χ0) is 39.0. The van der Waals surface area contributed by atoms with Gasteiger partial charge in [0.15, 0.2) is 0 Å². The molecular weight excluding hydrogens is 672 g/mol. The highest BCUT2D eigenvalue weighted by atomic mass is 16.4. The van der Waals surface area contributed by atoms with E-state index in [1.165, 1.54) is 36.4 Å². The molecule has 9 N–H and O–H groups in total. The Bertz CT molecular complexity index is 1570. The third kappa shape index (κ3) is 17.5. The number of aliphatic hydroxyl groups is 3. The van der Waals surface area contributed by atoms with Crippen molar-refractivity contribution < 1.29 is 59.4 Å². The van der Waals surface area contributed by atoms with Crippen molar-refractivity contribution in [1.82, 2.24) is 0 Å². The van der Waals surface area contributed by atoms with Gasteiger partial charge in [-0.2, -0.15) is 15.0 Å². The highest BCUT2D eigenvalue weighted by Crippen LogP contribution is 2.24. The molecule has 51 heavy (non-hydrogen) atoms. The predicted molar refractivity (Wildman–Crippen MR) is 186 cm³/mol. The zero-order valence-electron chi connectivity index (χ0n) is 28.0. The Morgan fingerprint density at radius 2 is 0.824 bits per heavy atom. The molecule has 3 aromatic rings. The van der Waals surface area contributed by atoms with E-state index in [1.54, 1.807) is 57.2 Å². The van der Waals surface area contributed by atoms with Crippen molar-refractivity contribution in [2.24, 2.45) is 20.4 Å². The summed E-state index contributed by atoms with van der Waals surface area (Å²) in [5.74, 6) is 0. The van der Waals surface area contributed by atoms with Gasteiger partial charge >= 0.3 is 18.3 Å². The van der Waals surface area contributed by atoms with Crippen LogP contribution >= 0.6 is 0 Å². The maximum absolute atomic E-state index is 10.3. The number of nitrogens with one attached hydrogen (secondary N) is 3. The van der Waals surface area contributed by atoms with Crippen LogP contribution < -0.4 is 16.0 Å². The first-order valence-electron chi connectivity index (χ1n) is 14.5. The molecule has 0 unspecified atom stereocenters. The van der Waals surface area contributed by atoms with E-state index in [9.17, 15) is 28.8 Å². The SMILES string of the molecule is CCC(CO)(CO)CO.Cc1ccc(NC(=O)O)cc1N=C=O.Cc1ccc(NC(=O)O)cc1N=C=O.Cc1ccc(NC(=O)O)cc1N=C=O. The molecule has 0 fully saturated rings. The van der Waals surface area contributed by atoms with Gasteiger partial charge in [-0.15, -0.1) is 0 Å². The van der Waals surface area contributed by atoms with E-state index >= 15 is 0 Å². The summed E-state index contributed by atoms with van der Waals surface area (Å²) in [7, 11) is 0. The van der Waals surface area contributed by atoms with Gasteiger partial charge in [-0.3, -0.25) is 16.0 Å². The Kier molecular flexibility index (Phi) is 20.7. The maximum Gasteiger partial charge on any atom is 0.409 e. The molecule has 0 saturated heterocycles. The number of hydrogen-bond acceptors (Lipinski definition) is 12. The number of rotatable bonds is 10. The molecule has 0 aliphatic carbocycles. The number of anilines is 3. The minimum absolute atomic E-state index is 0.156. The fourth-order valence-electron chi connectivity index (χ4n) is 3.43. The summed E-state index contributed by atoms with van der Waals surface area (Å²) >= 11 is 0. The molecule has 0 aliphatic rings. The van der Waals surface area contributed by atoms with E-state index in [0.717, 1.165) is 16.7 Å². The molecule has 0 radical (unpaired) electrons. The van der Waals surface area contributed by atoms with Gasteiger partial charge in [-0.05, 0) is 80.3 Å². The van der Waals surface area contributed by atoms with Crippen molar-refractivity contribution in [1.29, 1.82) is 0 Å². The first-order chi connectivity index (χ1) is 24.1. The lowest BCUT2D eigenvalue weighted by Gasteiger charge is -2.24. The summed E-state index contributed by atoms with van der Waals surface area (Å²) in [4.78, 5) is 71.3. The van der Waals surface area contributed by atoms with Crippen molar-refractivity contribution >= 4 is 70.6 Å². The number of hydrogen-bond donors (Lipinski definition) is 9. The zero-order valence-corrected chi connectivity index (χ0v) is 28.0. The molecule has 18 nitrogen and oxygen atoms in total. The smallest absolute Gasteiger partial charge is 0.409 e. The molecular formula is C33H38N6O12. The number of benzene rings is 3. The topological polar surface area (TPSA) is 297 Å². The van der Waals surface area contributed by atoms with E-state index < -0.39 is 23.7 Å². The number of aliphatic imine (C=N–C) groups is 3. The quantitative estimate of drug-likeness (QED) is 0.0928. The average Bonchev–Trinajstić information content (AvgIpc) is 3.08. The molecule has 272 valence electrons. The van der Waals surface area contributed by atoms with Crippen LogP contribution in [0, 0.1) is 26.2 Å². The van der Waals surface area contributed by atoms with Crippen LogP contribution in [0.25, 0.3) is 0 Å². The number of nitrogens with zero attached hydrogens (tertiary/aromatic N) is 3. The molecule has 0 saturated carbocycles. The Morgan fingerprint density at radius 3 is 0.980 bits per heavy atom. The van der Waals surface area contributed by atoms with Gasteiger partial charge in [0, 0.05) is 22.5 Å². The molecule has 0 spiro atoms. The monoisotopic (exact) mass is 710 g/mol. The van der Waals surface area contributed by atoms with Gasteiger partial charge in [0.1, 0.15) is 0 Å². The first kappa shape index (κ1) is 44.5. The summed E-state index contributed by atoms with van der Waals surface area (Å²) in [6.45, 7) is 6.65. The van der Waals surface area contributed by atoms with Gasteiger partial charge in [0.2, 0.25) is 18.2 Å². The molecule has 3 amide bonds. The predicted octanol–water partition coefficient (Wildman–Crippen LogP) is 5.52. The summed E-state index contributed by atoms with van der Waals surface area (Å²) in [5, 5.41) is 57.8. The summed E-state index contributed by atoms with van der Waals surface area (Å²) in [6.07, 6.45) is 1.34. The van der Waals surface area contributed by atoms with Crippen LogP contribution in [-0.4, -0.2) is 87.0 Å². The van der Waals surface area contributed by atoms with E-state index in [4.69, 9.17) is 30.6 Å². The summed E-state index contributed by atoms with van der Waals surface area (Å²) < 4.78 is 0. The Morgan fingerprint density at radius 1 is 0.569 bits per heavy atom. The second kappa shape index (κ2) is 23.8. The summed E-state index contributed by atoms with van der Waals surface area (Å²) in [6, 6.07) is 14.2. The third-order valence-corrected chi connectivity index (χ3v) is 6.64. The van der Waals surface area contributed by atoms with E-state index in [0.29, 0.717) is 40.5 Å². The lowest BCUT2D eigenvalue weighted by molar-refractivity contribution is 0.00304. The lowest BCUT2D eigenvalue weighted by atomic mass is 9.88. The van der Waals surface area contributed by atoms with Gasteiger partial charge in [0.25, 0.3) is 0 Å². The van der Waals surface area contributed by atoms with Crippen LogP contribution in [-0.2, 0) is 14.4 Å². The fourth-order valence-corrected chi connectivity index (χ4v) is 3.43. The van der Waals surface area contributed by atoms with Crippen LogP contribution in [0.3, 0.4) is 0 Å². The number of carbonyl (C=O) groups is 3. The minimum Gasteiger partial charge on any atom is -0.465 e. The van der Waals surface area contributed by atoms with Crippen molar-refractivity contribution in [2.75, 3.05) is 35.8 Å². The van der Waals surface area contributed by atoms with Crippen molar-refractivity contribution in [3.8, 4) is 0 Å². The Labute approximate surface area is 291 Å². The molecule has 0 bridgehead atoms. The van der Waals surface area contributed by atoms with Crippen LogP contribution in [0.15, 0.2) is 69.6 Å². The highest BCUT2D eigenvalue weighted by molar-refractivity contribution is 5.85. The molecule has 3 rings (SSSR count). The van der Waals surface area contributed by atoms with Gasteiger partial charge < -0.3 is 30.6 Å². The largest absolute Gasteiger partial charge is 0.465 e. The number of aryl methyl sites for hydroxylation is 3. The van der Waals surface area contributed by atoms with E-state index in [2.05, 4.69) is 30.9 Å². The minimum atomic E-state index is -1.16. The second-order valence-electron chi connectivity index (χ2n) is 10.2. The van der Waals surface area contributed by atoms with E-state index in [1.807, 2.05) is 6.92 Å². The maximum atomic E-state index is 10.3. The number of aliphatic hydroxyl groups excluding tert-OH is 3. The molecule has 3 aromatic carbocycles. The molecule has 0 atom stereocenters. The molecule has 0 heterocycles. The first-order valence-corrected chi connectivity index (χ1v) is 14.5. The highest BCUT2D eigenvalue weighted by Gasteiger charge is 2.24. The van der Waals surface area contributed by atoms with Gasteiger partial charge in [-0.25, -0.2) is 28.8 Å².